The second kappa shape index (κ2) is 10.2. The van der Waals surface area contributed by atoms with Crippen LogP contribution in [0.15, 0.2) is 71.6 Å². The van der Waals surface area contributed by atoms with Crippen molar-refractivity contribution in [3.05, 3.63) is 83.4 Å². The number of ether oxygens (including phenoxy) is 2. The molecule has 0 atom stereocenters. The van der Waals surface area contributed by atoms with Gasteiger partial charge in [0.05, 0.1) is 23.3 Å². The highest BCUT2D eigenvalue weighted by atomic mass is 32.2. The van der Waals surface area contributed by atoms with Crippen LogP contribution in [0.1, 0.15) is 21.5 Å². The summed E-state index contributed by atoms with van der Waals surface area (Å²) in [6, 6.07) is 17.4. The first-order chi connectivity index (χ1) is 15.7. The Morgan fingerprint density at radius 2 is 1.67 bits per heavy atom. The molecule has 2 N–H and O–H groups in total. The standard InChI is InChI=1S/C24H24N2O6S/c1-16-11-12-19(13-17(16)2)25-23(27)15-32-24(28)18-7-6-8-20(14-18)33(29,30)26-21-9-4-5-10-22(21)31-3/h4-14,26H,15H2,1-3H3,(H,25,27). The predicted molar refractivity (Wildman–Crippen MR) is 125 cm³/mol. The molecule has 0 radical (unpaired) electrons. The second-order valence-corrected chi connectivity index (χ2v) is 8.94. The zero-order valence-corrected chi connectivity index (χ0v) is 19.2. The van der Waals surface area contributed by atoms with E-state index in [-0.39, 0.29) is 16.1 Å². The van der Waals surface area contributed by atoms with Crippen LogP contribution in [-0.2, 0) is 19.6 Å². The first kappa shape index (κ1) is 23.8. The summed E-state index contributed by atoms with van der Waals surface area (Å²) in [5, 5.41) is 2.66. The fraction of sp³-hybridized carbons (Fsp3) is 0.167. The Morgan fingerprint density at radius 3 is 2.39 bits per heavy atom. The molecule has 0 unspecified atom stereocenters. The lowest BCUT2D eigenvalue weighted by Gasteiger charge is -2.12. The zero-order chi connectivity index (χ0) is 24.0. The molecule has 0 bridgehead atoms. The molecule has 3 rings (SSSR count). The van der Waals surface area contributed by atoms with Crippen molar-refractivity contribution in [1.29, 1.82) is 0 Å². The number of anilines is 2. The van der Waals surface area contributed by atoms with Gasteiger partial charge in [0, 0.05) is 5.69 Å². The first-order valence-corrected chi connectivity index (χ1v) is 11.5. The number of nitrogens with one attached hydrogen (secondary N) is 2. The van der Waals surface area contributed by atoms with Gasteiger partial charge in [-0.1, -0.05) is 24.3 Å². The number of esters is 1. The van der Waals surface area contributed by atoms with Crippen molar-refractivity contribution in [3.63, 3.8) is 0 Å². The van der Waals surface area contributed by atoms with Crippen molar-refractivity contribution >= 4 is 33.3 Å². The van der Waals surface area contributed by atoms with Crippen molar-refractivity contribution in [2.24, 2.45) is 0 Å². The molecule has 0 saturated heterocycles. The van der Waals surface area contributed by atoms with Crippen molar-refractivity contribution in [3.8, 4) is 5.75 Å². The summed E-state index contributed by atoms with van der Waals surface area (Å²) < 4.78 is 38.2. The van der Waals surface area contributed by atoms with Gasteiger partial charge in [-0.05, 0) is 67.4 Å². The number of hydrogen-bond acceptors (Lipinski definition) is 6. The van der Waals surface area contributed by atoms with Gasteiger partial charge in [0.2, 0.25) is 0 Å². The summed E-state index contributed by atoms with van der Waals surface area (Å²) in [6.07, 6.45) is 0. The third-order valence-electron chi connectivity index (χ3n) is 4.86. The summed E-state index contributed by atoms with van der Waals surface area (Å²) >= 11 is 0. The molecule has 0 fully saturated rings. The Morgan fingerprint density at radius 1 is 0.909 bits per heavy atom. The van der Waals surface area contributed by atoms with Crippen LogP contribution in [0, 0.1) is 13.8 Å². The van der Waals surface area contributed by atoms with Gasteiger partial charge in [-0.2, -0.15) is 0 Å². The van der Waals surface area contributed by atoms with Crippen LogP contribution in [0.2, 0.25) is 0 Å². The smallest absolute Gasteiger partial charge is 0.338 e. The average Bonchev–Trinajstić information content (AvgIpc) is 2.80. The van der Waals surface area contributed by atoms with E-state index in [1.807, 2.05) is 26.0 Å². The van der Waals surface area contributed by atoms with Gasteiger partial charge in [-0.25, -0.2) is 13.2 Å². The quantitative estimate of drug-likeness (QED) is 0.485. The molecule has 8 nitrogen and oxygen atoms in total. The van der Waals surface area contributed by atoms with Crippen LogP contribution >= 0.6 is 0 Å². The Hall–Kier alpha value is -3.85. The molecule has 3 aromatic rings. The van der Waals surface area contributed by atoms with E-state index in [1.165, 1.54) is 31.4 Å². The molecule has 0 spiro atoms. The maximum atomic E-state index is 12.8. The molecule has 0 saturated carbocycles. The number of amides is 1. The lowest BCUT2D eigenvalue weighted by Crippen LogP contribution is -2.21. The van der Waals surface area contributed by atoms with Crippen LogP contribution in [-0.4, -0.2) is 34.0 Å². The Labute approximate surface area is 192 Å². The highest BCUT2D eigenvalue weighted by Crippen LogP contribution is 2.26. The van der Waals surface area contributed by atoms with Crippen molar-refractivity contribution < 1.29 is 27.5 Å². The predicted octanol–water partition coefficient (Wildman–Crippen LogP) is 3.91. The Kier molecular flexibility index (Phi) is 7.34. The molecular formula is C24H24N2O6S. The van der Waals surface area contributed by atoms with E-state index >= 15 is 0 Å². The van der Waals surface area contributed by atoms with Crippen LogP contribution < -0.4 is 14.8 Å². The van der Waals surface area contributed by atoms with E-state index in [4.69, 9.17) is 9.47 Å². The van der Waals surface area contributed by atoms with E-state index in [0.717, 1.165) is 11.1 Å². The van der Waals surface area contributed by atoms with E-state index in [2.05, 4.69) is 10.0 Å². The fourth-order valence-electron chi connectivity index (χ4n) is 2.95. The van der Waals surface area contributed by atoms with Gasteiger partial charge in [-0.3, -0.25) is 9.52 Å². The SMILES string of the molecule is COc1ccccc1NS(=O)(=O)c1cccc(C(=O)OCC(=O)Nc2ccc(C)c(C)c2)c1. The van der Waals surface area contributed by atoms with Gasteiger partial charge >= 0.3 is 5.97 Å². The van der Waals surface area contributed by atoms with Gasteiger partial charge in [0.1, 0.15) is 5.75 Å². The number of para-hydroxylation sites is 2. The average molecular weight is 469 g/mol. The molecular weight excluding hydrogens is 444 g/mol. The lowest BCUT2D eigenvalue weighted by molar-refractivity contribution is -0.119. The van der Waals surface area contributed by atoms with Crippen LogP contribution in [0.3, 0.4) is 0 Å². The van der Waals surface area contributed by atoms with E-state index in [9.17, 15) is 18.0 Å². The van der Waals surface area contributed by atoms with Gasteiger partial charge < -0.3 is 14.8 Å². The number of aryl methyl sites for hydroxylation is 2. The van der Waals surface area contributed by atoms with E-state index in [1.54, 1.807) is 30.3 Å². The third-order valence-corrected chi connectivity index (χ3v) is 6.22. The third kappa shape index (κ3) is 6.11. The molecule has 1 amide bonds. The molecule has 3 aromatic carbocycles. The number of benzene rings is 3. The largest absolute Gasteiger partial charge is 0.495 e. The number of methoxy groups -OCH3 is 1. The van der Waals surface area contributed by atoms with Crippen LogP contribution in [0.4, 0.5) is 11.4 Å². The summed E-state index contributed by atoms with van der Waals surface area (Å²) in [6.45, 7) is 3.37. The number of rotatable bonds is 8. The molecule has 0 aliphatic rings. The summed E-state index contributed by atoms with van der Waals surface area (Å²) in [7, 11) is -2.57. The minimum Gasteiger partial charge on any atom is -0.495 e. The summed E-state index contributed by atoms with van der Waals surface area (Å²) in [5.41, 5.74) is 2.96. The van der Waals surface area contributed by atoms with Gasteiger partial charge in [0.25, 0.3) is 15.9 Å². The van der Waals surface area contributed by atoms with Crippen molar-refractivity contribution in [2.45, 2.75) is 18.7 Å². The summed E-state index contributed by atoms with van der Waals surface area (Å²) in [4.78, 5) is 24.4. The number of hydrogen-bond donors (Lipinski definition) is 2. The minimum absolute atomic E-state index is 0.00289. The zero-order valence-electron chi connectivity index (χ0n) is 18.4. The molecule has 0 heterocycles. The molecule has 9 heteroatoms. The maximum Gasteiger partial charge on any atom is 0.338 e. The monoisotopic (exact) mass is 468 g/mol. The fourth-order valence-corrected chi connectivity index (χ4v) is 4.07. The molecule has 0 aliphatic carbocycles. The molecule has 33 heavy (non-hydrogen) atoms. The van der Waals surface area contributed by atoms with Gasteiger partial charge in [-0.15, -0.1) is 0 Å². The second-order valence-electron chi connectivity index (χ2n) is 7.26. The van der Waals surface area contributed by atoms with Crippen molar-refractivity contribution in [2.75, 3.05) is 23.8 Å². The summed E-state index contributed by atoms with van der Waals surface area (Å²) in [5.74, 6) is -0.973. The number of carbonyl (C=O) groups excluding carboxylic acids is 2. The Bertz CT molecular complexity index is 1290. The highest BCUT2D eigenvalue weighted by molar-refractivity contribution is 7.92. The number of carbonyl (C=O) groups is 2. The van der Waals surface area contributed by atoms with Crippen LogP contribution in [0.25, 0.3) is 0 Å². The first-order valence-electron chi connectivity index (χ1n) is 10.00. The topological polar surface area (TPSA) is 111 Å². The maximum absolute atomic E-state index is 12.8. The van der Waals surface area contributed by atoms with Crippen LogP contribution in [0.5, 0.6) is 5.75 Å². The normalized spacial score (nSPS) is 10.9. The Balaban J connectivity index is 1.66. The highest BCUT2D eigenvalue weighted by Gasteiger charge is 2.19. The molecule has 172 valence electrons. The van der Waals surface area contributed by atoms with Crippen molar-refractivity contribution in [1.82, 2.24) is 0 Å². The lowest BCUT2D eigenvalue weighted by atomic mass is 10.1. The molecule has 0 aliphatic heterocycles. The van der Waals surface area contributed by atoms with Gasteiger partial charge in [0.15, 0.2) is 6.61 Å². The van der Waals surface area contributed by atoms with E-state index in [0.29, 0.717) is 11.4 Å². The van der Waals surface area contributed by atoms with E-state index < -0.39 is 28.5 Å². The molecule has 0 aromatic heterocycles. The number of sulfonamides is 1. The minimum atomic E-state index is -4.00.